The van der Waals surface area contributed by atoms with Crippen LogP contribution in [0.3, 0.4) is 0 Å². The normalized spacial score (nSPS) is 16.0. The van der Waals surface area contributed by atoms with Gasteiger partial charge in [-0.25, -0.2) is 0 Å². The molecule has 0 radical (unpaired) electrons. The summed E-state index contributed by atoms with van der Waals surface area (Å²) in [7, 11) is 0. The predicted molar refractivity (Wildman–Crippen MR) is 88.4 cm³/mol. The van der Waals surface area contributed by atoms with Crippen molar-refractivity contribution >= 4 is 17.5 Å². The summed E-state index contributed by atoms with van der Waals surface area (Å²) in [4.78, 5) is 23.7. The minimum Gasteiger partial charge on any atom is -0.346 e. The molecule has 1 unspecified atom stereocenters. The number of hydrogen-bond acceptors (Lipinski definition) is 2. The number of rotatable bonds is 6. The van der Waals surface area contributed by atoms with Crippen LogP contribution in [0.25, 0.3) is 0 Å². The van der Waals surface area contributed by atoms with Crippen molar-refractivity contribution in [3.05, 3.63) is 41.5 Å². The van der Waals surface area contributed by atoms with Crippen molar-refractivity contribution in [1.82, 2.24) is 5.32 Å². The van der Waals surface area contributed by atoms with E-state index in [0.717, 1.165) is 36.1 Å². The van der Waals surface area contributed by atoms with E-state index in [1.807, 2.05) is 51.1 Å². The number of amides is 2. The van der Waals surface area contributed by atoms with Crippen LogP contribution in [0.15, 0.2) is 35.9 Å². The van der Waals surface area contributed by atoms with Gasteiger partial charge in [-0.3, -0.25) is 9.59 Å². The van der Waals surface area contributed by atoms with E-state index in [1.54, 1.807) is 0 Å². The zero-order valence-electron chi connectivity index (χ0n) is 13.5. The Labute approximate surface area is 132 Å². The Morgan fingerprint density at radius 3 is 2.45 bits per heavy atom. The van der Waals surface area contributed by atoms with Gasteiger partial charge in [0.25, 0.3) is 0 Å². The zero-order valence-corrected chi connectivity index (χ0v) is 13.5. The van der Waals surface area contributed by atoms with Crippen LogP contribution in [0.2, 0.25) is 0 Å². The second kappa shape index (κ2) is 7.25. The number of nitrogens with one attached hydrogen (secondary N) is 2. The molecule has 0 aliphatic heterocycles. The highest BCUT2D eigenvalue weighted by atomic mass is 16.2. The van der Waals surface area contributed by atoms with Crippen LogP contribution < -0.4 is 10.6 Å². The summed E-state index contributed by atoms with van der Waals surface area (Å²) >= 11 is 0. The fraction of sp³-hybridized carbons (Fsp3) is 0.444. The van der Waals surface area contributed by atoms with Crippen molar-refractivity contribution < 1.29 is 9.59 Å². The van der Waals surface area contributed by atoms with Gasteiger partial charge >= 0.3 is 0 Å². The van der Waals surface area contributed by atoms with E-state index in [4.69, 9.17) is 0 Å². The van der Waals surface area contributed by atoms with E-state index in [9.17, 15) is 9.59 Å². The van der Waals surface area contributed by atoms with Crippen LogP contribution in [-0.4, -0.2) is 11.8 Å². The minimum absolute atomic E-state index is 0.0412. The fourth-order valence-corrected chi connectivity index (χ4v) is 2.24. The van der Waals surface area contributed by atoms with Gasteiger partial charge in [-0.05, 0) is 50.8 Å². The van der Waals surface area contributed by atoms with E-state index >= 15 is 0 Å². The maximum Gasteiger partial charge on any atom is 0.247 e. The molecule has 118 valence electrons. The van der Waals surface area contributed by atoms with E-state index < -0.39 is 0 Å². The predicted octanol–water partition coefficient (Wildman–Crippen LogP) is 3.57. The van der Waals surface area contributed by atoms with Crippen LogP contribution in [0.4, 0.5) is 5.69 Å². The topological polar surface area (TPSA) is 58.2 Å². The molecule has 0 bridgehead atoms. The van der Waals surface area contributed by atoms with E-state index in [-0.39, 0.29) is 23.8 Å². The van der Waals surface area contributed by atoms with Crippen LogP contribution in [0.5, 0.6) is 0 Å². The van der Waals surface area contributed by atoms with E-state index in [1.165, 1.54) is 0 Å². The molecule has 22 heavy (non-hydrogen) atoms. The number of benzene rings is 1. The first-order chi connectivity index (χ1) is 10.5. The van der Waals surface area contributed by atoms with Gasteiger partial charge in [0.1, 0.15) is 0 Å². The average molecular weight is 300 g/mol. The van der Waals surface area contributed by atoms with Crippen LogP contribution in [0.1, 0.15) is 51.6 Å². The molecule has 2 amide bonds. The first-order valence-electron chi connectivity index (χ1n) is 7.89. The van der Waals surface area contributed by atoms with Gasteiger partial charge in [0.15, 0.2) is 0 Å². The number of carbonyl (C=O) groups is 2. The van der Waals surface area contributed by atoms with Crippen molar-refractivity contribution in [2.45, 2.75) is 46.1 Å². The first kappa shape index (κ1) is 16.3. The standard InChI is InChI=1S/C18H24N2O2/c1-4-5-12(2)17(21)19-13(3)14-8-10-16(11-9-14)20-18(22)15-6-7-15/h5,8-11,13,15H,4,6-7H2,1-3H3,(H,19,21)(H,20,22)/b12-5-. The molecule has 1 aromatic carbocycles. The lowest BCUT2D eigenvalue weighted by Gasteiger charge is -2.15. The summed E-state index contributed by atoms with van der Waals surface area (Å²) in [6.07, 6.45) is 4.76. The fourth-order valence-electron chi connectivity index (χ4n) is 2.24. The molecule has 2 N–H and O–H groups in total. The van der Waals surface area contributed by atoms with Crippen LogP contribution in [0, 0.1) is 5.92 Å². The summed E-state index contributed by atoms with van der Waals surface area (Å²) in [5.74, 6) is 0.265. The number of allylic oxidation sites excluding steroid dienone is 1. The maximum atomic E-state index is 12.0. The van der Waals surface area contributed by atoms with Crippen LogP contribution in [-0.2, 0) is 9.59 Å². The Morgan fingerprint density at radius 1 is 1.27 bits per heavy atom. The lowest BCUT2D eigenvalue weighted by molar-refractivity contribution is -0.118. The molecule has 4 heteroatoms. The van der Waals surface area contributed by atoms with Gasteiger partial charge in [-0.15, -0.1) is 0 Å². The summed E-state index contributed by atoms with van der Waals surface area (Å²) < 4.78 is 0. The molecule has 0 heterocycles. The molecule has 1 fully saturated rings. The summed E-state index contributed by atoms with van der Waals surface area (Å²) in [6, 6.07) is 7.57. The highest BCUT2D eigenvalue weighted by Gasteiger charge is 2.29. The van der Waals surface area contributed by atoms with E-state index in [0.29, 0.717) is 0 Å². The Hall–Kier alpha value is -2.10. The molecule has 0 spiro atoms. The summed E-state index contributed by atoms with van der Waals surface area (Å²) in [5.41, 5.74) is 2.56. The highest BCUT2D eigenvalue weighted by Crippen LogP contribution is 2.30. The molecule has 1 aliphatic carbocycles. The second-order valence-electron chi connectivity index (χ2n) is 5.88. The largest absolute Gasteiger partial charge is 0.346 e. The average Bonchev–Trinajstić information content (AvgIpc) is 3.32. The Morgan fingerprint density at radius 2 is 1.91 bits per heavy atom. The summed E-state index contributed by atoms with van der Waals surface area (Å²) in [6.45, 7) is 5.78. The van der Waals surface area contributed by atoms with Gasteiger partial charge in [0.2, 0.25) is 11.8 Å². The van der Waals surface area contributed by atoms with Gasteiger partial charge in [0.05, 0.1) is 6.04 Å². The third-order valence-electron chi connectivity index (χ3n) is 3.84. The van der Waals surface area contributed by atoms with Crippen molar-refractivity contribution in [2.24, 2.45) is 5.92 Å². The van der Waals surface area contributed by atoms with E-state index in [2.05, 4.69) is 10.6 Å². The summed E-state index contributed by atoms with van der Waals surface area (Å²) in [5, 5.41) is 5.88. The SMILES string of the molecule is CC/C=C(/C)C(=O)NC(C)c1ccc(NC(=O)C2CC2)cc1. The molecule has 1 saturated carbocycles. The highest BCUT2D eigenvalue weighted by molar-refractivity contribution is 5.94. The van der Waals surface area contributed by atoms with Crippen molar-refractivity contribution in [2.75, 3.05) is 5.32 Å². The molecule has 1 aliphatic rings. The molecule has 0 saturated heterocycles. The van der Waals surface area contributed by atoms with Gasteiger partial charge in [0, 0.05) is 17.2 Å². The quantitative estimate of drug-likeness (QED) is 0.789. The third kappa shape index (κ3) is 4.45. The molecule has 1 aromatic rings. The van der Waals surface area contributed by atoms with Gasteiger partial charge in [-0.2, -0.15) is 0 Å². The Balaban J connectivity index is 1.92. The minimum atomic E-state index is -0.0686. The Kier molecular flexibility index (Phi) is 5.36. The molecule has 1 atom stereocenters. The molecule has 4 nitrogen and oxygen atoms in total. The molecule has 0 aromatic heterocycles. The molecular formula is C18H24N2O2. The smallest absolute Gasteiger partial charge is 0.247 e. The zero-order chi connectivity index (χ0) is 16.1. The number of carbonyl (C=O) groups excluding carboxylic acids is 2. The monoisotopic (exact) mass is 300 g/mol. The van der Waals surface area contributed by atoms with Crippen molar-refractivity contribution in [3.63, 3.8) is 0 Å². The van der Waals surface area contributed by atoms with Crippen molar-refractivity contribution in [1.29, 1.82) is 0 Å². The first-order valence-corrected chi connectivity index (χ1v) is 7.89. The number of hydrogen-bond donors (Lipinski definition) is 2. The van der Waals surface area contributed by atoms with Gasteiger partial charge in [-0.1, -0.05) is 25.1 Å². The third-order valence-corrected chi connectivity index (χ3v) is 3.84. The molecular weight excluding hydrogens is 276 g/mol. The van der Waals surface area contributed by atoms with Gasteiger partial charge < -0.3 is 10.6 Å². The van der Waals surface area contributed by atoms with Crippen molar-refractivity contribution in [3.8, 4) is 0 Å². The number of anilines is 1. The maximum absolute atomic E-state index is 12.0. The van der Waals surface area contributed by atoms with Crippen LogP contribution >= 0.6 is 0 Å². The molecule has 2 rings (SSSR count). The lowest BCUT2D eigenvalue weighted by Crippen LogP contribution is -2.27. The second-order valence-corrected chi connectivity index (χ2v) is 5.88. The lowest BCUT2D eigenvalue weighted by atomic mass is 10.1. The Bertz CT molecular complexity index is 571.